The van der Waals surface area contributed by atoms with Gasteiger partial charge in [0.15, 0.2) is 0 Å². The summed E-state index contributed by atoms with van der Waals surface area (Å²) < 4.78 is 1.82. The lowest BCUT2D eigenvalue weighted by Gasteiger charge is -2.17. The van der Waals surface area contributed by atoms with E-state index in [1.165, 1.54) is 0 Å². The van der Waals surface area contributed by atoms with E-state index >= 15 is 0 Å². The van der Waals surface area contributed by atoms with Crippen LogP contribution in [0.5, 0.6) is 0 Å². The summed E-state index contributed by atoms with van der Waals surface area (Å²) in [6.07, 6.45) is 6.71. The van der Waals surface area contributed by atoms with Crippen molar-refractivity contribution >= 4 is 12.0 Å². The van der Waals surface area contributed by atoms with Crippen LogP contribution < -0.4 is 5.32 Å². The molecule has 1 amide bonds. The summed E-state index contributed by atoms with van der Waals surface area (Å²) in [5.74, 6) is 0.674. The second kappa shape index (κ2) is 6.89. The van der Waals surface area contributed by atoms with Gasteiger partial charge < -0.3 is 10.4 Å². The van der Waals surface area contributed by atoms with E-state index in [1.54, 1.807) is 6.08 Å². The minimum absolute atomic E-state index is 0.0822. The van der Waals surface area contributed by atoms with Gasteiger partial charge in [-0.3, -0.25) is 9.48 Å². The average molecular weight is 291 g/mol. The van der Waals surface area contributed by atoms with Gasteiger partial charge in [-0.05, 0) is 44.6 Å². The van der Waals surface area contributed by atoms with Crippen molar-refractivity contribution in [2.75, 3.05) is 13.2 Å². The van der Waals surface area contributed by atoms with Crippen LogP contribution in [-0.4, -0.2) is 33.9 Å². The standard InChI is InChI=1S/C16H25N3O2/c1-11-15(12(2)19(3)18-11)7-8-16(21)17-9-13-5-4-6-14(13)10-20/h7-8,13-14,20H,4-6,9-10H2,1-3H3,(H,17,21). The van der Waals surface area contributed by atoms with Gasteiger partial charge in [-0.15, -0.1) is 0 Å². The van der Waals surface area contributed by atoms with Gasteiger partial charge in [-0.2, -0.15) is 5.10 Å². The molecule has 0 bridgehead atoms. The predicted molar refractivity (Wildman–Crippen MR) is 82.6 cm³/mol. The van der Waals surface area contributed by atoms with Gasteiger partial charge in [0.2, 0.25) is 5.91 Å². The molecule has 2 unspecified atom stereocenters. The van der Waals surface area contributed by atoms with Crippen molar-refractivity contribution in [3.63, 3.8) is 0 Å². The molecule has 1 aromatic rings. The van der Waals surface area contributed by atoms with Crippen LogP contribution in [0.2, 0.25) is 0 Å². The Hall–Kier alpha value is -1.62. The number of hydrogen-bond acceptors (Lipinski definition) is 3. The number of aliphatic hydroxyl groups is 1. The first-order chi connectivity index (χ1) is 10.0. The Morgan fingerprint density at radius 2 is 2.14 bits per heavy atom. The van der Waals surface area contributed by atoms with Gasteiger partial charge in [0.1, 0.15) is 0 Å². The van der Waals surface area contributed by atoms with Crippen LogP contribution in [-0.2, 0) is 11.8 Å². The zero-order valence-electron chi connectivity index (χ0n) is 13.1. The third kappa shape index (κ3) is 3.73. The van der Waals surface area contributed by atoms with E-state index in [0.717, 1.165) is 36.2 Å². The number of rotatable bonds is 5. The molecule has 116 valence electrons. The molecule has 2 atom stereocenters. The van der Waals surface area contributed by atoms with Crippen LogP contribution >= 0.6 is 0 Å². The molecule has 2 N–H and O–H groups in total. The molecule has 5 nitrogen and oxygen atoms in total. The minimum atomic E-state index is -0.0822. The van der Waals surface area contributed by atoms with Gasteiger partial charge in [0.25, 0.3) is 0 Å². The zero-order chi connectivity index (χ0) is 15.4. The van der Waals surface area contributed by atoms with Crippen molar-refractivity contribution in [3.8, 4) is 0 Å². The molecule has 0 aliphatic heterocycles. The van der Waals surface area contributed by atoms with Gasteiger partial charge in [0.05, 0.1) is 5.69 Å². The Morgan fingerprint density at radius 3 is 2.76 bits per heavy atom. The number of aryl methyl sites for hydroxylation is 2. The number of aromatic nitrogens is 2. The fourth-order valence-corrected chi connectivity index (χ4v) is 3.10. The van der Waals surface area contributed by atoms with E-state index in [-0.39, 0.29) is 12.5 Å². The van der Waals surface area contributed by atoms with E-state index in [9.17, 15) is 9.90 Å². The van der Waals surface area contributed by atoms with Gasteiger partial charge >= 0.3 is 0 Å². The number of nitrogens with zero attached hydrogens (tertiary/aromatic N) is 2. The normalized spacial score (nSPS) is 22.1. The molecule has 0 saturated heterocycles. The van der Waals surface area contributed by atoms with E-state index in [0.29, 0.717) is 18.4 Å². The highest BCUT2D eigenvalue weighted by molar-refractivity contribution is 5.92. The molecule has 0 spiro atoms. The first-order valence-electron chi connectivity index (χ1n) is 7.60. The van der Waals surface area contributed by atoms with Crippen LogP contribution in [0, 0.1) is 25.7 Å². The molecule has 0 radical (unpaired) electrons. The van der Waals surface area contributed by atoms with E-state index < -0.39 is 0 Å². The largest absolute Gasteiger partial charge is 0.396 e. The number of nitrogens with one attached hydrogen (secondary N) is 1. The first kappa shape index (κ1) is 15.8. The van der Waals surface area contributed by atoms with Crippen molar-refractivity contribution in [2.24, 2.45) is 18.9 Å². The number of amides is 1. The highest BCUT2D eigenvalue weighted by atomic mass is 16.3. The number of carbonyl (C=O) groups is 1. The maximum absolute atomic E-state index is 11.9. The number of carbonyl (C=O) groups excluding carboxylic acids is 1. The summed E-state index contributed by atoms with van der Waals surface area (Å²) in [6, 6.07) is 0. The second-order valence-corrected chi connectivity index (χ2v) is 5.92. The Balaban J connectivity index is 1.88. The smallest absolute Gasteiger partial charge is 0.244 e. The third-order valence-corrected chi connectivity index (χ3v) is 4.56. The van der Waals surface area contributed by atoms with Crippen molar-refractivity contribution in [3.05, 3.63) is 23.0 Å². The zero-order valence-corrected chi connectivity index (χ0v) is 13.1. The number of aliphatic hydroxyl groups excluding tert-OH is 1. The van der Waals surface area contributed by atoms with E-state index in [1.807, 2.05) is 31.7 Å². The highest BCUT2D eigenvalue weighted by Crippen LogP contribution is 2.30. The second-order valence-electron chi connectivity index (χ2n) is 5.92. The van der Waals surface area contributed by atoms with Gasteiger partial charge in [-0.1, -0.05) is 6.42 Å². The maximum Gasteiger partial charge on any atom is 0.244 e. The molecule has 0 aromatic carbocycles. The van der Waals surface area contributed by atoms with Crippen molar-refractivity contribution in [2.45, 2.75) is 33.1 Å². The Kier molecular flexibility index (Phi) is 5.17. The van der Waals surface area contributed by atoms with Crippen molar-refractivity contribution in [1.82, 2.24) is 15.1 Å². The molecular formula is C16H25N3O2. The lowest BCUT2D eigenvalue weighted by Crippen LogP contribution is -2.30. The molecule has 1 aromatic heterocycles. The third-order valence-electron chi connectivity index (χ3n) is 4.56. The molecule has 1 saturated carbocycles. The summed E-state index contributed by atoms with van der Waals surface area (Å²) in [5.41, 5.74) is 2.98. The van der Waals surface area contributed by atoms with Crippen molar-refractivity contribution in [1.29, 1.82) is 0 Å². The summed E-state index contributed by atoms with van der Waals surface area (Å²) in [7, 11) is 1.90. The lowest BCUT2D eigenvalue weighted by molar-refractivity contribution is -0.116. The molecule has 21 heavy (non-hydrogen) atoms. The van der Waals surface area contributed by atoms with Crippen molar-refractivity contribution < 1.29 is 9.90 Å². The quantitative estimate of drug-likeness (QED) is 0.809. The maximum atomic E-state index is 11.9. The summed E-state index contributed by atoms with van der Waals surface area (Å²) in [5, 5.41) is 16.5. The molecule has 1 heterocycles. The highest BCUT2D eigenvalue weighted by Gasteiger charge is 2.26. The van der Waals surface area contributed by atoms with E-state index in [4.69, 9.17) is 0 Å². The molecule has 5 heteroatoms. The van der Waals surface area contributed by atoms with Crippen LogP contribution in [0.15, 0.2) is 6.08 Å². The SMILES string of the molecule is Cc1nn(C)c(C)c1C=CC(=O)NCC1CCCC1CO. The summed E-state index contributed by atoms with van der Waals surface area (Å²) in [4.78, 5) is 11.9. The van der Waals surface area contributed by atoms with Crippen LogP contribution in [0.4, 0.5) is 0 Å². The minimum Gasteiger partial charge on any atom is -0.396 e. The molecule has 1 fully saturated rings. The predicted octanol–water partition coefficient (Wildman–Crippen LogP) is 1.57. The summed E-state index contributed by atoms with van der Waals surface area (Å²) in [6.45, 7) is 4.81. The van der Waals surface area contributed by atoms with Gasteiger partial charge in [0, 0.05) is 37.5 Å². The number of hydrogen-bond donors (Lipinski definition) is 2. The molecule has 2 rings (SSSR count). The van der Waals surface area contributed by atoms with Crippen LogP contribution in [0.1, 0.15) is 36.2 Å². The Morgan fingerprint density at radius 1 is 1.43 bits per heavy atom. The topological polar surface area (TPSA) is 67.2 Å². The van der Waals surface area contributed by atoms with Gasteiger partial charge in [-0.25, -0.2) is 0 Å². The van der Waals surface area contributed by atoms with Crippen LogP contribution in [0.25, 0.3) is 6.08 Å². The first-order valence-corrected chi connectivity index (χ1v) is 7.60. The lowest BCUT2D eigenvalue weighted by atomic mass is 9.97. The Labute approximate surface area is 126 Å². The molecule has 1 aliphatic rings. The molecule has 1 aliphatic carbocycles. The molecular weight excluding hydrogens is 266 g/mol. The average Bonchev–Trinajstić information content (AvgIpc) is 3.00. The Bertz CT molecular complexity index is 534. The summed E-state index contributed by atoms with van der Waals surface area (Å²) >= 11 is 0. The fraction of sp³-hybridized carbons (Fsp3) is 0.625. The monoisotopic (exact) mass is 291 g/mol. The van der Waals surface area contributed by atoms with E-state index in [2.05, 4.69) is 10.4 Å². The fourth-order valence-electron chi connectivity index (χ4n) is 3.10. The van der Waals surface area contributed by atoms with Crippen LogP contribution in [0.3, 0.4) is 0 Å².